The van der Waals surface area contributed by atoms with Crippen LogP contribution in [0.15, 0.2) is 21.9 Å². The van der Waals surface area contributed by atoms with Crippen LogP contribution in [0.1, 0.15) is 39.8 Å². The lowest BCUT2D eigenvalue weighted by Gasteiger charge is -2.38. The summed E-state index contributed by atoms with van der Waals surface area (Å²) < 4.78 is 14.2. The third-order valence-electron chi connectivity index (χ3n) is 5.87. The first-order valence-electron chi connectivity index (χ1n) is 9.47. The summed E-state index contributed by atoms with van der Waals surface area (Å²) >= 11 is 0. The van der Waals surface area contributed by atoms with Crippen LogP contribution in [-0.4, -0.2) is 59.6 Å². The fourth-order valence-corrected chi connectivity index (χ4v) is 3.93. The van der Waals surface area contributed by atoms with E-state index in [1.54, 1.807) is 0 Å². The van der Waals surface area contributed by atoms with Gasteiger partial charge < -0.3 is 14.3 Å². The summed E-state index contributed by atoms with van der Waals surface area (Å²) in [5.74, 6) is 0. The van der Waals surface area contributed by atoms with E-state index in [1.165, 1.54) is 23.9 Å². The lowest BCUT2D eigenvalue weighted by atomic mass is 9.91. The van der Waals surface area contributed by atoms with E-state index in [2.05, 4.69) is 38.8 Å². The number of rotatable bonds is 7. The van der Waals surface area contributed by atoms with Crippen LogP contribution in [0.2, 0.25) is 18.1 Å². The van der Waals surface area contributed by atoms with E-state index in [1.807, 2.05) is 0 Å². The molecule has 0 bridgehead atoms. The third kappa shape index (κ3) is 5.05. The first kappa shape index (κ1) is 22.7. The molecule has 1 aromatic rings. The summed E-state index contributed by atoms with van der Waals surface area (Å²) in [7, 11) is -0.686. The first-order valence-corrected chi connectivity index (χ1v) is 12.4. The molecule has 1 fully saturated rings. The number of aromatic amines is 1. The zero-order valence-electron chi connectivity index (χ0n) is 17.5. The smallest absolute Gasteiger partial charge is 0.330 e. The van der Waals surface area contributed by atoms with Gasteiger partial charge in [-0.1, -0.05) is 20.8 Å². The average molecular weight is 415 g/mol. The number of nitrogens with one attached hydrogen (secondary N) is 1. The van der Waals surface area contributed by atoms with Crippen LogP contribution >= 0.6 is 0 Å². The van der Waals surface area contributed by atoms with Crippen molar-refractivity contribution in [1.29, 1.82) is 0 Å². The molecule has 0 aliphatic carbocycles. The molecular weight excluding hydrogens is 382 g/mol. The van der Waals surface area contributed by atoms with Crippen LogP contribution < -0.4 is 11.2 Å². The monoisotopic (exact) mass is 414 g/mol. The minimum Gasteiger partial charge on any atom is -0.414 e. The lowest BCUT2D eigenvalue weighted by Crippen LogP contribution is -2.48. The summed E-state index contributed by atoms with van der Waals surface area (Å²) in [6.07, 6.45) is 0.221. The lowest BCUT2D eigenvalue weighted by molar-refractivity contribution is -0.522. The zero-order valence-corrected chi connectivity index (χ0v) is 18.5. The van der Waals surface area contributed by atoms with Gasteiger partial charge in [-0.3, -0.25) is 14.3 Å². The molecule has 1 aromatic heterocycles. The minimum absolute atomic E-state index is 0.00574. The number of aromatic nitrogens is 2. The van der Waals surface area contributed by atoms with Gasteiger partial charge in [-0.05, 0) is 22.9 Å². The second-order valence-electron chi connectivity index (χ2n) is 9.08. The molecule has 2 heterocycles. The quantitative estimate of drug-likeness (QED) is 0.515. The number of hydrogen-bond acceptors (Lipinski definition) is 6. The van der Waals surface area contributed by atoms with Gasteiger partial charge in [0.1, 0.15) is 17.9 Å². The highest BCUT2D eigenvalue weighted by Crippen LogP contribution is 2.41. The van der Waals surface area contributed by atoms with Crippen molar-refractivity contribution in [2.75, 3.05) is 20.2 Å². The van der Waals surface area contributed by atoms with Crippen LogP contribution in [0.5, 0.6) is 0 Å². The molecule has 1 aliphatic rings. The second-order valence-corrected chi connectivity index (χ2v) is 13.9. The van der Waals surface area contributed by atoms with E-state index in [0.717, 1.165) is 4.76 Å². The molecule has 2 N–H and O–H groups in total. The minimum atomic E-state index is -2.08. The molecule has 3 atom stereocenters. The molecule has 1 aliphatic heterocycles. The Kier molecular flexibility index (Phi) is 6.49. The molecule has 0 spiro atoms. The van der Waals surface area contributed by atoms with Gasteiger partial charge in [-0.25, -0.2) is 4.79 Å². The van der Waals surface area contributed by atoms with Crippen LogP contribution in [0.25, 0.3) is 0 Å². The molecule has 10 heteroatoms. The normalized spacial score (nSPS) is 25.8. The summed E-state index contributed by atoms with van der Waals surface area (Å²) in [6, 6.07) is 1.23. The summed E-state index contributed by atoms with van der Waals surface area (Å²) in [6.45, 7) is 10.9. The Balaban J connectivity index is 2.25. The Hall–Kier alpha value is -1.62. The number of nitroso groups, excluding NO2 is 1. The van der Waals surface area contributed by atoms with Crippen LogP contribution in [0.3, 0.4) is 0 Å². The molecule has 0 saturated carbocycles. The van der Waals surface area contributed by atoms with Crippen molar-refractivity contribution in [3.63, 3.8) is 0 Å². The molecule has 158 valence electrons. The molecule has 0 radical (unpaired) electrons. The molecule has 3 unspecified atom stereocenters. The maximum absolute atomic E-state index is 12.1. The summed E-state index contributed by atoms with van der Waals surface area (Å²) in [4.78, 5) is 37.0. The largest absolute Gasteiger partial charge is 0.414 e. The molecule has 0 amide bonds. The summed E-state index contributed by atoms with van der Waals surface area (Å²) in [5, 5.41) is 11.2. The van der Waals surface area contributed by atoms with Crippen molar-refractivity contribution in [2.45, 2.75) is 69.7 Å². The first-order chi connectivity index (χ1) is 12.7. The van der Waals surface area contributed by atoms with Crippen molar-refractivity contribution in [3.8, 4) is 0 Å². The van der Waals surface area contributed by atoms with E-state index in [4.69, 9.17) is 9.16 Å². The van der Waals surface area contributed by atoms with Gasteiger partial charge in [0.05, 0.1) is 6.61 Å². The van der Waals surface area contributed by atoms with E-state index in [-0.39, 0.29) is 31.0 Å². The molecular formula is C18H32N3O6Si+. The van der Waals surface area contributed by atoms with Crippen molar-refractivity contribution >= 4 is 8.32 Å². The SMILES string of the molecule is C[N+](=O)CCC1(O)CC(n2ccc(=O)[nH]c2=O)OC1CO[Si](C)(C)C(C)(C)C. The van der Waals surface area contributed by atoms with Crippen LogP contribution in [0.4, 0.5) is 0 Å². The van der Waals surface area contributed by atoms with Crippen molar-refractivity contribution in [2.24, 2.45) is 0 Å². The molecule has 2 rings (SSSR count). The highest BCUT2D eigenvalue weighted by molar-refractivity contribution is 6.74. The topological polar surface area (TPSA) is 114 Å². The Bertz CT molecular complexity index is 828. The molecule has 9 nitrogen and oxygen atoms in total. The zero-order chi connectivity index (χ0) is 21.3. The van der Waals surface area contributed by atoms with E-state index >= 15 is 0 Å². The summed E-state index contributed by atoms with van der Waals surface area (Å²) in [5.41, 5.74) is -2.42. The Morgan fingerprint density at radius 1 is 1.43 bits per heavy atom. The van der Waals surface area contributed by atoms with Crippen LogP contribution in [-0.2, 0) is 9.16 Å². The number of nitrogens with zero attached hydrogens (tertiary/aromatic N) is 2. The van der Waals surface area contributed by atoms with Crippen molar-refractivity contribution < 1.29 is 19.0 Å². The van der Waals surface area contributed by atoms with Gasteiger partial charge in [0.15, 0.2) is 21.9 Å². The Labute approximate surface area is 165 Å². The van der Waals surface area contributed by atoms with E-state index < -0.39 is 37.5 Å². The van der Waals surface area contributed by atoms with Gasteiger partial charge in [0.25, 0.3) is 5.56 Å². The van der Waals surface area contributed by atoms with Gasteiger partial charge >= 0.3 is 5.69 Å². The predicted molar refractivity (Wildman–Crippen MR) is 107 cm³/mol. The second kappa shape index (κ2) is 8.01. The van der Waals surface area contributed by atoms with E-state index in [0.29, 0.717) is 0 Å². The highest BCUT2D eigenvalue weighted by atomic mass is 28.4. The number of hydrogen-bond donors (Lipinski definition) is 2. The van der Waals surface area contributed by atoms with E-state index in [9.17, 15) is 19.6 Å². The average Bonchev–Trinajstić information content (AvgIpc) is 2.87. The molecule has 1 saturated heterocycles. The highest BCUT2D eigenvalue weighted by Gasteiger charge is 2.50. The fraction of sp³-hybridized carbons (Fsp3) is 0.778. The Morgan fingerprint density at radius 3 is 2.61 bits per heavy atom. The number of aliphatic hydroxyl groups is 1. The third-order valence-corrected chi connectivity index (χ3v) is 10.4. The van der Waals surface area contributed by atoms with Gasteiger partial charge in [-0.15, -0.1) is 0 Å². The fourth-order valence-electron chi connectivity index (χ4n) is 2.93. The van der Waals surface area contributed by atoms with Crippen LogP contribution in [0, 0.1) is 4.91 Å². The van der Waals surface area contributed by atoms with Crippen molar-refractivity contribution in [1.82, 2.24) is 9.55 Å². The van der Waals surface area contributed by atoms with Gasteiger partial charge in [-0.2, -0.15) is 0 Å². The van der Waals surface area contributed by atoms with Gasteiger partial charge in [0, 0.05) is 30.0 Å². The number of ether oxygens (including phenoxy) is 1. The Morgan fingerprint density at radius 2 is 2.07 bits per heavy atom. The molecule has 0 aromatic carbocycles. The standard InChI is InChI=1S/C18H31N3O6Si/c1-17(2,3)28(5,6)26-12-13-18(24,8-10-20(4)25)11-15(27-13)21-9-7-14(22)19-16(21)23/h7,9,13,15,24H,8,10-12H2,1-6H3/p+1. The molecule has 28 heavy (non-hydrogen) atoms. The maximum atomic E-state index is 12.1. The predicted octanol–water partition coefficient (Wildman–Crippen LogP) is 1.38. The van der Waals surface area contributed by atoms with Gasteiger partial charge in [0.2, 0.25) is 0 Å². The number of H-pyrrole nitrogens is 1. The maximum Gasteiger partial charge on any atom is 0.330 e. The van der Waals surface area contributed by atoms with Crippen molar-refractivity contribution in [3.05, 3.63) is 38.0 Å².